The Hall–Kier alpha value is -0.770. The van der Waals surface area contributed by atoms with Gasteiger partial charge < -0.3 is 9.84 Å². The van der Waals surface area contributed by atoms with Crippen molar-refractivity contribution in [3.63, 3.8) is 0 Å². The van der Waals surface area contributed by atoms with Gasteiger partial charge >= 0.3 is 0 Å². The van der Waals surface area contributed by atoms with Crippen LogP contribution in [0.4, 0.5) is 0 Å². The maximum Gasteiger partial charge on any atom is 0.138 e. The van der Waals surface area contributed by atoms with Crippen molar-refractivity contribution in [1.82, 2.24) is 4.90 Å². The number of rotatable bonds is 2. The maximum atomic E-state index is 10.1. The average Bonchev–Trinajstić information content (AvgIpc) is 2.34. The number of phenols is 1. The monoisotopic (exact) mass is 283 g/mol. The van der Waals surface area contributed by atoms with Crippen LogP contribution in [0.15, 0.2) is 12.1 Å². The number of nitrogens with zero attached hydrogens (tertiary/aromatic N) is 1. The molecule has 19 heavy (non-hydrogen) atoms. The third kappa shape index (κ3) is 3.62. The average molecular weight is 284 g/mol. The van der Waals surface area contributed by atoms with E-state index in [4.69, 9.17) is 16.3 Å². The van der Waals surface area contributed by atoms with Gasteiger partial charge in [-0.05, 0) is 17.0 Å². The first-order valence-electron chi connectivity index (χ1n) is 6.70. The number of morpholine rings is 1. The molecule has 3 nitrogen and oxygen atoms in total. The first-order chi connectivity index (χ1) is 8.88. The van der Waals surface area contributed by atoms with Crippen LogP contribution in [0.3, 0.4) is 0 Å². The normalized spacial score (nSPS) is 17.7. The summed E-state index contributed by atoms with van der Waals surface area (Å²) >= 11 is 6.15. The molecule has 1 N–H and O–H groups in total. The minimum atomic E-state index is 0.0249. The molecule has 1 fully saturated rings. The molecular formula is C15H22ClNO2. The fraction of sp³-hybridized carbons (Fsp3) is 0.600. The molecule has 1 aliphatic heterocycles. The van der Waals surface area contributed by atoms with Crippen molar-refractivity contribution in [2.45, 2.75) is 32.7 Å². The van der Waals surface area contributed by atoms with Gasteiger partial charge in [0.15, 0.2) is 0 Å². The molecule has 0 radical (unpaired) electrons. The second-order valence-electron chi connectivity index (χ2n) is 6.10. The van der Waals surface area contributed by atoms with E-state index in [1.807, 2.05) is 6.07 Å². The highest BCUT2D eigenvalue weighted by Crippen LogP contribution is 2.34. The molecule has 0 saturated carbocycles. The highest BCUT2D eigenvalue weighted by molar-refractivity contribution is 6.32. The molecule has 1 heterocycles. The Morgan fingerprint density at radius 3 is 2.47 bits per heavy atom. The van der Waals surface area contributed by atoms with Crippen molar-refractivity contribution in [2.75, 3.05) is 26.3 Å². The van der Waals surface area contributed by atoms with E-state index < -0.39 is 0 Å². The summed E-state index contributed by atoms with van der Waals surface area (Å²) in [6, 6.07) is 3.93. The van der Waals surface area contributed by atoms with Crippen LogP contribution in [0.5, 0.6) is 5.75 Å². The molecule has 0 amide bonds. The number of aromatic hydroxyl groups is 1. The second-order valence-corrected chi connectivity index (χ2v) is 6.51. The second kappa shape index (κ2) is 5.70. The van der Waals surface area contributed by atoms with E-state index in [0.717, 1.165) is 44.0 Å². The lowest BCUT2D eigenvalue weighted by molar-refractivity contribution is 0.0338. The highest BCUT2D eigenvalue weighted by Gasteiger charge is 2.20. The minimum absolute atomic E-state index is 0.0249. The molecule has 0 atom stereocenters. The summed E-state index contributed by atoms with van der Waals surface area (Å²) in [5.74, 6) is 0.209. The van der Waals surface area contributed by atoms with Crippen molar-refractivity contribution in [2.24, 2.45) is 0 Å². The smallest absolute Gasteiger partial charge is 0.138 e. The van der Waals surface area contributed by atoms with Gasteiger partial charge in [-0.2, -0.15) is 0 Å². The molecule has 1 saturated heterocycles. The van der Waals surface area contributed by atoms with Crippen LogP contribution >= 0.6 is 11.6 Å². The van der Waals surface area contributed by atoms with Crippen molar-refractivity contribution >= 4 is 11.6 Å². The van der Waals surface area contributed by atoms with Gasteiger partial charge in [0.05, 0.1) is 18.2 Å². The molecule has 4 heteroatoms. The maximum absolute atomic E-state index is 10.1. The summed E-state index contributed by atoms with van der Waals surface area (Å²) in [5.41, 5.74) is 2.08. The Morgan fingerprint density at radius 2 is 1.89 bits per heavy atom. The summed E-state index contributed by atoms with van der Waals surface area (Å²) < 4.78 is 5.34. The summed E-state index contributed by atoms with van der Waals surface area (Å²) in [7, 11) is 0. The lowest BCUT2D eigenvalue weighted by Crippen LogP contribution is -2.35. The highest BCUT2D eigenvalue weighted by atomic mass is 35.5. The molecule has 1 aliphatic rings. The molecular weight excluding hydrogens is 262 g/mol. The van der Waals surface area contributed by atoms with E-state index in [1.54, 1.807) is 0 Å². The Bertz CT molecular complexity index is 448. The van der Waals surface area contributed by atoms with Crippen LogP contribution in [0.1, 0.15) is 31.9 Å². The van der Waals surface area contributed by atoms with Crippen LogP contribution in [0.25, 0.3) is 0 Å². The molecule has 0 unspecified atom stereocenters. The molecule has 106 valence electrons. The van der Waals surface area contributed by atoms with Crippen LogP contribution in [0, 0.1) is 0 Å². The lowest BCUT2D eigenvalue weighted by atomic mass is 9.86. The number of phenolic OH excluding ortho intramolecular Hbond substituents is 1. The molecule has 0 aromatic heterocycles. The van der Waals surface area contributed by atoms with Crippen molar-refractivity contribution in [3.05, 3.63) is 28.3 Å². The first kappa shape index (κ1) is 14.6. The van der Waals surface area contributed by atoms with E-state index in [0.29, 0.717) is 5.02 Å². The topological polar surface area (TPSA) is 32.7 Å². The van der Waals surface area contributed by atoms with Gasteiger partial charge in [-0.3, -0.25) is 4.90 Å². The predicted molar refractivity (Wildman–Crippen MR) is 77.9 cm³/mol. The number of hydrogen-bond acceptors (Lipinski definition) is 3. The van der Waals surface area contributed by atoms with Gasteiger partial charge in [0.1, 0.15) is 5.75 Å². The van der Waals surface area contributed by atoms with E-state index in [2.05, 4.69) is 31.7 Å². The molecule has 1 aromatic rings. The van der Waals surface area contributed by atoms with E-state index in [9.17, 15) is 5.11 Å². The summed E-state index contributed by atoms with van der Waals surface area (Å²) in [6.45, 7) is 10.5. The van der Waals surface area contributed by atoms with Gasteiger partial charge in [-0.1, -0.05) is 38.4 Å². The zero-order valence-electron chi connectivity index (χ0n) is 11.9. The Labute approximate surface area is 120 Å². The fourth-order valence-electron chi connectivity index (χ4n) is 2.21. The van der Waals surface area contributed by atoms with Gasteiger partial charge in [0, 0.05) is 25.2 Å². The minimum Gasteiger partial charge on any atom is -0.506 e. The number of hydrogen-bond donors (Lipinski definition) is 1. The third-order valence-electron chi connectivity index (χ3n) is 3.51. The molecule has 0 bridgehead atoms. The van der Waals surface area contributed by atoms with E-state index in [-0.39, 0.29) is 11.2 Å². The number of ether oxygens (including phenoxy) is 1. The van der Waals surface area contributed by atoms with Gasteiger partial charge in [-0.25, -0.2) is 0 Å². The fourth-order valence-corrected chi connectivity index (χ4v) is 2.45. The largest absolute Gasteiger partial charge is 0.506 e. The molecule has 0 spiro atoms. The van der Waals surface area contributed by atoms with Crippen molar-refractivity contribution in [1.29, 1.82) is 0 Å². The van der Waals surface area contributed by atoms with Crippen LogP contribution < -0.4 is 0 Å². The summed E-state index contributed by atoms with van der Waals surface area (Å²) in [6.07, 6.45) is 0. The van der Waals surface area contributed by atoms with Crippen LogP contribution in [0.2, 0.25) is 5.02 Å². The number of benzene rings is 1. The molecule has 1 aromatic carbocycles. The SMILES string of the molecule is CC(C)(C)c1cc(Cl)c(O)c(CN2CCOCC2)c1. The third-order valence-corrected chi connectivity index (χ3v) is 3.79. The van der Waals surface area contributed by atoms with E-state index >= 15 is 0 Å². The Morgan fingerprint density at radius 1 is 1.26 bits per heavy atom. The zero-order chi connectivity index (χ0) is 14.0. The predicted octanol–water partition coefficient (Wildman–Crippen LogP) is 3.18. The Kier molecular flexibility index (Phi) is 4.39. The molecule has 2 rings (SSSR count). The molecule has 0 aliphatic carbocycles. The van der Waals surface area contributed by atoms with Crippen LogP contribution in [-0.2, 0) is 16.7 Å². The Balaban J connectivity index is 2.25. The van der Waals surface area contributed by atoms with E-state index in [1.165, 1.54) is 0 Å². The van der Waals surface area contributed by atoms with Crippen molar-refractivity contribution in [3.8, 4) is 5.75 Å². The lowest BCUT2D eigenvalue weighted by Gasteiger charge is -2.28. The van der Waals surface area contributed by atoms with Crippen molar-refractivity contribution < 1.29 is 9.84 Å². The summed E-state index contributed by atoms with van der Waals surface area (Å²) in [4.78, 5) is 2.28. The summed E-state index contributed by atoms with van der Waals surface area (Å²) in [5, 5.41) is 10.6. The van der Waals surface area contributed by atoms with Crippen LogP contribution in [-0.4, -0.2) is 36.3 Å². The van der Waals surface area contributed by atoms with Gasteiger partial charge in [0.25, 0.3) is 0 Å². The quantitative estimate of drug-likeness (QED) is 0.905. The standard InChI is InChI=1S/C15H22ClNO2/c1-15(2,3)12-8-11(14(18)13(16)9-12)10-17-4-6-19-7-5-17/h8-9,18H,4-7,10H2,1-3H3. The first-order valence-corrected chi connectivity index (χ1v) is 7.07. The van der Waals surface area contributed by atoms with Gasteiger partial charge in [0.2, 0.25) is 0 Å². The van der Waals surface area contributed by atoms with Gasteiger partial charge in [-0.15, -0.1) is 0 Å². The zero-order valence-corrected chi connectivity index (χ0v) is 12.6. The number of halogens is 1.